The number of anilines is 1. The molecule has 3 aliphatic rings. The van der Waals surface area contributed by atoms with E-state index in [0.29, 0.717) is 10.7 Å². The molecular weight excluding hydrogens is 450 g/mol. The predicted molar refractivity (Wildman–Crippen MR) is 118 cm³/mol. The molecule has 1 aromatic carbocycles. The van der Waals surface area contributed by atoms with Gasteiger partial charge in [0, 0.05) is 33.9 Å². The van der Waals surface area contributed by atoms with Gasteiger partial charge in [0.05, 0.1) is 5.02 Å². The number of thioether (sulfide) groups is 2. The molecule has 1 saturated carbocycles. The number of benzene rings is 1. The maximum absolute atomic E-state index is 15.0. The van der Waals surface area contributed by atoms with Crippen LogP contribution in [0.2, 0.25) is 5.02 Å². The molecule has 1 amide bonds. The molecule has 2 unspecified atom stereocenters. The van der Waals surface area contributed by atoms with Gasteiger partial charge in [0.25, 0.3) is 5.91 Å². The van der Waals surface area contributed by atoms with Crippen LogP contribution in [0.4, 0.5) is 14.5 Å². The van der Waals surface area contributed by atoms with Crippen molar-refractivity contribution >= 4 is 51.9 Å². The molecule has 0 bridgehead atoms. The van der Waals surface area contributed by atoms with Crippen LogP contribution in [0.3, 0.4) is 0 Å². The molecule has 1 aliphatic carbocycles. The van der Waals surface area contributed by atoms with Gasteiger partial charge in [-0.25, -0.2) is 18.8 Å². The number of nitrogens with two attached hydrogens (primary N) is 1. The molecule has 30 heavy (non-hydrogen) atoms. The van der Waals surface area contributed by atoms with Crippen molar-refractivity contribution in [3.8, 4) is 0 Å². The Labute approximate surface area is 185 Å². The lowest BCUT2D eigenvalue weighted by Gasteiger charge is -2.35. The molecule has 10 heteroatoms. The number of carbonyl (C=O) groups excluding carboxylic acids is 1. The molecular formula is C20H17ClF2N4OS2. The smallest absolute Gasteiger partial charge is 0.274 e. The molecule has 2 aliphatic heterocycles. The van der Waals surface area contributed by atoms with Crippen LogP contribution in [0.15, 0.2) is 41.5 Å². The number of nitrogens with zero attached hydrogens (tertiary/aromatic N) is 2. The number of nitrogens with one attached hydrogen (secondary N) is 1. The van der Waals surface area contributed by atoms with Crippen molar-refractivity contribution in [3.63, 3.8) is 0 Å². The minimum atomic E-state index is -1.37. The number of hydrogen-bond donors (Lipinski definition) is 2. The second-order valence-corrected chi connectivity index (χ2v) is 10.5. The predicted octanol–water partition coefficient (Wildman–Crippen LogP) is 4.08. The second-order valence-electron chi connectivity index (χ2n) is 7.67. The maximum atomic E-state index is 15.0. The molecule has 2 fully saturated rings. The molecule has 0 radical (unpaired) electrons. The second kappa shape index (κ2) is 7.10. The third-order valence-corrected chi connectivity index (χ3v) is 9.11. The lowest BCUT2D eigenvalue weighted by molar-refractivity contribution is 0.102. The van der Waals surface area contributed by atoms with Gasteiger partial charge in [-0.1, -0.05) is 23.4 Å². The number of aliphatic imine (C=N–C) groups is 1. The van der Waals surface area contributed by atoms with Gasteiger partial charge in [0.2, 0.25) is 0 Å². The average Bonchev–Trinajstić information content (AvgIpc) is 3.18. The Morgan fingerprint density at radius 3 is 2.93 bits per heavy atom. The van der Waals surface area contributed by atoms with Crippen LogP contribution in [0.5, 0.6) is 0 Å². The van der Waals surface area contributed by atoms with E-state index >= 15 is 0 Å². The molecule has 4 atom stereocenters. The van der Waals surface area contributed by atoms with E-state index in [9.17, 15) is 13.6 Å². The van der Waals surface area contributed by atoms with Gasteiger partial charge in [0.15, 0.2) is 5.17 Å². The highest BCUT2D eigenvalue weighted by molar-refractivity contribution is 8.16. The molecule has 1 saturated heterocycles. The quantitative estimate of drug-likeness (QED) is 0.709. The zero-order valence-corrected chi connectivity index (χ0v) is 18.0. The molecule has 1 aromatic heterocycles. The number of amidine groups is 1. The third kappa shape index (κ3) is 2.93. The van der Waals surface area contributed by atoms with Gasteiger partial charge in [0.1, 0.15) is 23.7 Å². The van der Waals surface area contributed by atoms with Crippen LogP contribution in [-0.2, 0) is 5.54 Å². The Hall–Kier alpha value is -1.84. The molecule has 2 aromatic rings. The SMILES string of the molecule is NC1=N[C@](CF)(c2cc(NC(=O)c3ccc(Cl)cn3)ccc2F)C2C3CSC[C@@]32S1. The first-order valence-corrected chi connectivity index (χ1v) is 11.7. The Balaban J connectivity index is 1.51. The van der Waals surface area contributed by atoms with Gasteiger partial charge in [-0.2, -0.15) is 11.8 Å². The van der Waals surface area contributed by atoms with Gasteiger partial charge in [-0.05, 0) is 42.0 Å². The first-order valence-electron chi connectivity index (χ1n) is 9.30. The van der Waals surface area contributed by atoms with Crippen LogP contribution in [0, 0.1) is 17.7 Å². The minimum Gasteiger partial charge on any atom is -0.378 e. The van der Waals surface area contributed by atoms with Crippen molar-refractivity contribution < 1.29 is 13.6 Å². The first-order chi connectivity index (χ1) is 14.4. The summed E-state index contributed by atoms with van der Waals surface area (Å²) in [7, 11) is 0. The first kappa shape index (κ1) is 20.1. The zero-order chi connectivity index (χ0) is 21.1. The number of hydrogen-bond acceptors (Lipinski definition) is 6. The van der Waals surface area contributed by atoms with Gasteiger partial charge < -0.3 is 11.1 Å². The standard InChI is InChI=1S/C20H17ClF2N4OS2/c21-10-1-4-15(25-6-10)17(28)26-11-2-3-14(23)12(5-11)19(8-22)16-13-7-29-9-20(13,16)30-18(24)27-19/h1-6,13,16H,7-9H2,(H2,24,27)(H,26,28)/t13?,16?,19-,20-/m1/s1. The highest BCUT2D eigenvalue weighted by atomic mass is 35.5. The summed E-state index contributed by atoms with van der Waals surface area (Å²) >= 11 is 9.11. The number of halogens is 3. The summed E-state index contributed by atoms with van der Waals surface area (Å²) in [5.74, 6) is 0.826. The van der Waals surface area contributed by atoms with E-state index in [1.807, 2.05) is 11.8 Å². The summed E-state index contributed by atoms with van der Waals surface area (Å²) in [6.45, 7) is -0.852. The summed E-state index contributed by atoms with van der Waals surface area (Å²) in [4.78, 5) is 20.9. The highest BCUT2D eigenvalue weighted by Crippen LogP contribution is 2.74. The van der Waals surface area contributed by atoms with E-state index in [2.05, 4.69) is 15.3 Å². The molecule has 5 nitrogen and oxygen atoms in total. The van der Waals surface area contributed by atoms with Crippen molar-refractivity contribution in [3.05, 3.63) is 58.6 Å². The largest absolute Gasteiger partial charge is 0.378 e. The molecule has 3 N–H and O–H groups in total. The fourth-order valence-corrected chi connectivity index (χ4v) is 8.38. The number of aromatic nitrogens is 1. The number of amides is 1. The van der Waals surface area contributed by atoms with E-state index < -0.39 is 23.9 Å². The molecule has 3 heterocycles. The molecule has 156 valence electrons. The summed E-state index contributed by atoms with van der Waals surface area (Å²) in [5.41, 5.74) is 5.32. The normalized spacial score (nSPS) is 31.5. The fourth-order valence-electron chi connectivity index (χ4n) is 4.71. The van der Waals surface area contributed by atoms with E-state index in [1.54, 1.807) is 6.07 Å². The molecule has 5 rings (SSSR count). The van der Waals surface area contributed by atoms with Gasteiger partial charge in [-0.15, -0.1) is 0 Å². The van der Waals surface area contributed by atoms with Crippen molar-refractivity contribution in [2.45, 2.75) is 10.3 Å². The summed E-state index contributed by atoms with van der Waals surface area (Å²) < 4.78 is 29.4. The van der Waals surface area contributed by atoms with Crippen LogP contribution in [-0.4, -0.2) is 39.0 Å². The topological polar surface area (TPSA) is 80.4 Å². The average molecular weight is 467 g/mol. The monoisotopic (exact) mass is 466 g/mol. The Kier molecular flexibility index (Phi) is 4.75. The summed E-state index contributed by atoms with van der Waals surface area (Å²) in [5, 5.41) is 3.39. The third-order valence-electron chi connectivity index (χ3n) is 6.05. The number of fused-ring (bicyclic) bond motifs is 1. The van der Waals surface area contributed by atoms with E-state index in [4.69, 9.17) is 17.3 Å². The van der Waals surface area contributed by atoms with E-state index in [0.717, 1.165) is 11.5 Å². The Morgan fingerprint density at radius 2 is 2.20 bits per heavy atom. The minimum absolute atomic E-state index is 0.119. The lowest BCUT2D eigenvalue weighted by atomic mass is 9.84. The van der Waals surface area contributed by atoms with Crippen molar-refractivity contribution in [2.24, 2.45) is 22.6 Å². The number of carbonyl (C=O) groups is 1. The van der Waals surface area contributed by atoms with Crippen LogP contribution >= 0.6 is 35.1 Å². The van der Waals surface area contributed by atoms with Crippen molar-refractivity contribution in [1.29, 1.82) is 0 Å². The van der Waals surface area contributed by atoms with Crippen LogP contribution in [0.1, 0.15) is 16.1 Å². The van der Waals surface area contributed by atoms with Gasteiger partial charge in [-0.3, -0.25) is 4.79 Å². The number of alkyl halides is 1. The van der Waals surface area contributed by atoms with Crippen molar-refractivity contribution in [2.75, 3.05) is 23.5 Å². The highest BCUT2D eigenvalue weighted by Gasteiger charge is 2.77. The van der Waals surface area contributed by atoms with Gasteiger partial charge >= 0.3 is 0 Å². The van der Waals surface area contributed by atoms with Crippen LogP contribution < -0.4 is 11.1 Å². The molecule has 1 spiro atoms. The Bertz CT molecular complexity index is 1070. The summed E-state index contributed by atoms with van der Waals surface area (Å²) in [6, 6.07) is 7.16. The van der Waals surface area contributed by atoms with E-state index in [1.165, 1.54) is 42.2 Å². The number of rotatable bonds is 4. The van der Waals surface area contributed by atoms with Crippen LogP contribution in [0.25, 0.3) is 0 Å². The fraction of sp³-hybridized carbons (Fsp3) is 0.350. The lowest BCUT2D eigenvalue weighted by Crippen LogP contribution is -2.41. The maximum Gasteiger partial charge on any atom is 0.274 e. The van der Waals surface area contributed by atoms with Crippen molar-refractivity contribution in [1.82, 2.24) is 4.98 Å². The zero-order valence-electron chi connectivity index (χ0n) is 15.6. The Morgan fingerprint density at radius 1 is 1.37 bits per heavy atom. The van der Waals surface area contributed by atoms with E-state index in [-0.39, 0.29) is 33.0 Å². The number of pyridine rings is 1. The summed E-state index contributed by atoms with van der Waals surface area (Å²) in [6.07, 6.45) is 1.37.